The van der Waals surface area contributed by atoms with Gasteiger partial charge in [-0.3, -0.25) is 14.7 Å². The maximum Gasteiger partial charge on any atom is 0.322 e. The van der Waals surface area contributed by atoms with E-state index in [1.54, 1.807) is 17.2 Å². The normalized spacial score (nSPS) is 20.7. The van der Waals surface area contributed by atoms with Gasteiger partial charge in [-0.15, -0.1) is 0 Å². The van der Waals surface area contributed by atoms with Crippen molar-refractivity contribution >= 4 is 34.4 Å². The van der Waals surface area contributed by atoms with E-state index in [0.717, 1.165) is 66.6 Å². The molecule has 4 aliphatic rings. The first-order valence-corrected chi connectivity index (χ1v) is 17.4. The topological polar surface area (TPSA) is 105 Å². The van der Waals surface area contributed by atoms with Gasteiger partial charge in [0, 0.05) is 56.6 Å². The maximum atomic E-state index is 14.2. The highest BCUT2D eigenvalue weighted by Gasteiger charge is 2.36. The number of aryl methyl sites for hydroxylation is 1. The number of rotatable bonds is 7. The largest absolute Gasteiger partial charge is 0.343 e. The van der Waals surface area contributed by atoms with E-state index in [9.17, 15) is 18.8 Å². The van der Waals surface area contributed by atoms with Crippen LogP contribution in [0.4, 0.5) is 14.9 Å². The lowest BCUT2D eigenvalue weighted by atomic mass is 9.90. The van der Waals surface area contributed by atoms with Crippen molar-refractivity contribution in [1.29, 1.82) is 0 Å². The molecule has 3 fully saturated rings. The molecule has 0 spiro atoms. The van der Waals surface area contributed by atoms with E-state index in [1.807, 2.05) is 22.8 Å². The molecule has 0 bridgehead atoms. The van der Waals surface area contributed by atoms with Crippen molar-refractivity contribution in [1.82, 2.24) is 29.8 Å². The third-order valence-corrected chi connectivity index (χ3v) is 10.9. The zero-order chi connectivity index (χ0) is 32.5. The highest BCUT2D eigenvalue weighted by Crippen LogP contribution is 2.31. The maximum absolute atomic E-state index is 14.2. The molecule has 0 aliphatic carbocycles. The zero-order valence-corrected chi connectivity index (χ0v) is 27.3. The van der Waals surface area contributed by atoms with Crippen molar-refractivity contribution in [3.63, 3.8) is 0 Å². The first-order chi connectivity index (χ1) is 22.8. The first kappa shape index (κ1) is 31.6. The predicted molar refractivity (Wildman–Crippen MR) is 178 cm³/mol. The van der Waals surface area contributed by atoms with Crippen molar-refractivity contribution in [3.05, 3.63) is 59.0 Å². The highest BCUT2D eigenvalue weighted by atomic mass is 19.1. The van der Waals surface area contributed by atoms with Gasteiger partial charge in [-0.2, -0.15) is 5.10 Å². The molecule has 7 rings (SSSR count). The van der Waals surface area contributed by atoms with E-state index in [0.29, 0.717) is 44.9 Å². The number of H-pyrrole nitrogens is 1. The number of benzene rings is 2. The van der Waals surface area contributed by atoms with Crippen LogP contribution < -0.4 is 5.32 Å². The minimum absolute atomic E-state index is 0.0124. The molecule has 0 radical (unpaired) electrons. The van der Waals surface area contributed by atoms with Crippen LogP contribution in [0.25, 0.3) is 10.9 Å². The van der Waals surface area contributed by atoms with Crippen molar-refractivity contribution in [2.24, 2.45) is 5.92 Å². The van der Waals surface area contributed by atoms with Gasteiger partial charge in [0.05, 0.1) is 23.3 Å². The molecule has 1 atom stereocenters. The molecule has 47 heavy (non-hydrogen) atoms. The third-order valence-electron chi connectivity index (χ3n) is 10.9. The molecule has 5 heterocycles. The Bertz CT molecular complexity index is 1620. The second-order valence-corrected chi connectivity index (χ2v) is 13.9. The number of nitrogens with zero attached hydrogens (tertiary/aromatic N) is 5. The zero-order valence-electron chi connectivity index (χ0n) is 27.3. The van der Waals surface area contributed by atoms with E-state index in [2.05, 4.69) is 32.5 Å². The van der Waals surface area contributed by atoms with Gasteiger partial charge >= 0.3 is 6.03 Å². The number of hydrogen-bond acceptors (Lipinski definition) is 5. The summed E-state index contributed by atoms with van der Waals surface area (Å²) < 4.78 is 14.2. The first-order valence-electron chi connectivity index (χ1n) is 17.4. The minimum Gasteiger partial charge on any atom is -0.343 e. The smallest absolute Gasteiger partial charge is 0.322 e. The number of aromatic nitrogens is 2. The molecule has 250 valence electrons. The standard InChI is InChI=1S/C36H46FN7O3/c1-24-18-25(20-28-22-38-40-33(24)28)19-27(35(46)43-16-8-29(9-17-43)41-12-3-2-4-13-41)21-32(45)42-14-10-30(11-15-42)44-23-26-6-5-7-31(37)34(26)39-36(44)47/h5-7,18,20,22,27,29-30H,2-4,8-17,19,21,23H2,1H3,(H,38,40)(H,39,47)/t27-/m0/s1. The van der Waals surface area contributed by atoms with Crippen molar-refractivity contribution < 1.29 is 18.8 Å². The number of nitrogens with one attached hydrogen (secondary N) is 2. The average Bonchev–Trinajstić information content (AvgIpc) is 3.58. The molecule has 4 amide bonds. The van der Waals surface area contributed by atoms with Gasteiger partial charge in [0.25, 0.3) is 0 Å². The number of hydrogen-bond donors (Lipinski definition) is 2. The Morgan fingerprint density at radius 2 is 1.68 bits per heavy atom. The summed E-state index contributed by atoms with van der Waals surface area (Å²) in [5.74, 6) is -0.811. The Labute approximate surface area is 275 Å². The summed E-state index contributed by atoms with van der Waals surface area (Å²) in [5.41, 5.74) is 4.12. The number of carbonyl (C=O) groups is 3. The number of anilines is 1. The molecule has 11 heteroatoms. The second-order valence-electron chi connectivity index (χ2n) is 13.9. The number of piperidine rings is 3. The monoisotopic (exact) mass is 643 g/mol. The molecule has 3 saturated heterocycles. The van der Waals surface area contributed by atoms with Crippen LogP contribution in [0.3, 0.4) is 0 Å². The molecule has 1 aromatic heterocycles. The van der Waals surface area contributed by atoms with Crippen LogP contribution in [0.2, 0.25) is 0 Å². The van der Waals surface area contributed by atoms with Crippen LogP contribution in [0, 0.1) is 18.7 Å². The predicted octanol–water partition coefficient (Wildman–Crippen LogP) is 5.07. The van der Waals surface area contributed by atoms with Gasteiger partial charge in [0.1, 0.15) is 5.82 Å². The molecule has 4 aliphatic heterocycles. The number of likely N-dealkylation sites (tertiary alicyclic amines) is 3. The Morgan fingerprint density at radius 3 is 2.45 bits per heavy atom. The van der Waals surface area contributed by atoms with Crippen LogP contribution in [0.15, 0.2) is 36.5 Å². The molecule has 2 N–H and O–H groups in total. The summed E-state index contributed by atoms with van der Waals surface area (Å²) >= 11 is 0. The van der Waals surface area contributed by atoms with E-state index >= 15 is 0 Å². The number of amides is 4. The minimum atomic E-state index is -0.449. The molecule has 0 unspecified atom stereocenters. The lowest BCUT2D eigenvalue weighted by Crippen LogP contribution is -2.52. The lowest BCUT2D eigenvalue weighted by Gasteiger charge is -2.41. The Morgan fingerprint density at radius 1 is 0.957 bits per heavy atom. The third kappa shape index (κ3) is 6.72. The molecular weight excluding hydrogens is 597 g/mol. The van der Waals surface area contributed by atoms with Crippen LogP contribution in [0.1, 0.15) is 68.1 Å². The van der Waals surface area contributed by atoms with E-state index in [-0.39, 0.29) is 36.0 Å². The second kappa shape index (κ2) is 13.6. The lowest BCUT2D eigenvalue weighted by molar-refractivity contribution is -0.143. The molecule has 3 aromatic rings. The van der Waals surface area contributed by atoms with Crippen molar-refractivity contribution in [2.45, 2.75) is 83.3 Å². The summed E-state index contributed by atoms with van der Waals surface area (Å²) in [6.45, 7) is 7.23. The molecule has 10 nitrogen and oxygen atoms in total. The van der Waals surface area contributed by atoms with E-state index in [1.165, 1.54) is 25.3 Å². The summed E-state index contributed by atoms with van der Waals surface area (Å²) in [5, 5.41) is 11.0. The van der Waals surface area contributed by atoms with Crippen LogP contribution in [-0.4, -0.2) is 99.0 Å². The number of urea groups is 1. The van der Waals surface area contributed by atoms with Crippen molar-refractivity contribution in [2.75, 3.05) is 44.6 Å². The summed E-state index contributed by atoms with van der Waals surface area (Å²) in [6, 6.07) is 9.24. The SMILES string of the molecule is Cc1cc(C[C@@H](CC(=O)N2CCC(N3Cc4cccc(F)c4NC3=O)CC2)C(=O)N2CCC(N3CCCCC3)CC2)cc2cn[nH]c12. The average molecular weight is 644 g/mol. The number of halogens is 1. The molecule has 0 saturated carbocycles. The van der Waals surface area contributed by atoms with E-state index < -0.39 is 11.7 Å². The van der Waals surface area contributed by atoms with Gasteiger partial charge in [-0.1, -0.05) is 24.6 Å². The van der Waals surface area contributed by atoms with Gasteiger partial charge < -0.3 is 24.9 Å². The van der Waals surface area contributed by atoms with Crippen LogP contribution >= 0.6 is 0 Å². The van der Waals surface area contributed by atoms with E-state index in [4.69, 9.17) is 0 Å². The van der Waals surface area contributed by atoms with Crippen LogP contribution in [-0.2, 0) is 22.6 Å². The number of carbonyl (C=O) groups excluding carboxylic acids is 3. The number of para-hydroxylation sites is 1. The van der Waals surface area contributed by atoms with Gasteiger partial charge in [-0.25, -0.2) is 9.18 Å². The Balaban J connectivity index is 1.01. The van der Waals surface area contributed by atoms with Crippen LogP contribution in [0.5, 0.6) is 0 Å². The number of aromatic amines is 1. The van der Waals surface area contributed by atoms with Gasteiger partial charge in [-0.05, 0) is 93.8 Å². The van der Waals surface area contributed by atoms with Gasteiger partial charge in [0.15, 0.2) is 0 Å². The fraction of sp³-hybridized carbons (Fsp3) is 0.556. The Kier molecular flexibility index (Phi) is 9.16. The highest BCUT2D eigenvalue weighted by molar-refractivity contribution is 5.93. The quantitative estimate of drug-likeness (QED) is 0.374. The fourth-order valence-electron chi connectivity index (χ4n) is 8.29. The summed E-state index contributed by atoms with van der Waals surface area (Å²) in [7, 11) is 0. The number of fused-ring (bicyclic) bond motifs is 2. The Hall–Kier alpha value is -3.99. The van der Waals surface area contributed by atoms with Crippen molar-refractivity contribution in [3.8, 4) is 0 Å². The molecular formula is C36H46FN7O3. The van der Waals surface area contributed by atoms with Gasteiger partial charge in [0.2, 0.25) is 11.8 Å². The summed E-state index contributed by atoms with van der Waals surface area (Å²) in [4.78, 5) is 49.1. The molecule has 2 aromatic carbocycles. The fourth-order valence-corrected chi connectivity index (χ4v) is 8.29. The summed E-state index contributed by atoms with van der Waals surface area (Å²) in [6.07, 6.45) is 9.57.